The Hall–Kier alpha value is -2.17. The average molecular weight is 355 g/mol. The molecule has 2 aliphatic carbocycles. The summed E-state index contributed by atoms with van der Waals surface area (Å²) in [4.78, 5) is 14.9. The van der Waals surface area contributed by atoms with Crippen LogP contribution in [0.5, 0.6) is 0 Å². The van der Waals surface area contributed by atoms with Crippen molar-refractivity contribution in [2.24, 2.45) is 5.92 Å². The Morgan fingerprint density at radius 2 is 1.88 bits per heavy atom. The minimum absolute atomic E-state index is 0.0228. The summed E-state index contributed by atoms with van der Waals surface area (Å²) >= 11 is 0. The maximum atomic E-state index is 13.2. The number of carbonyl (C=O) groups excluding carboxylic acids is 1. The number of hydrogen-bond donors (Lipinski definition) is 0. The first kappa shape index (κ1) is 17.3. The normalized spacial score (nSPS) is 17.3. The van der Waals surface area contributed by atoms with Crippen LogP contribution in [0.4, 0.5) is 4.39 Å². The molecule has 0 aliphatic heterocycles. The van der Waals surface area contributed by atoms with E-state index in [4.69, 9.17) is 0 Å². The molecule has 0 atom stereocenters. The molecule has 2 aromatic rings. The molecule has 2 aliphatic rings. The second-order valence-corrected chi connectivity index (χ2v) is 7.71. The zero-order valence-corrected chi connectivity index (χ0v) is 15.4. The van der Waals surface area contributed by atoms with Crippen molar-refractivity contribution in [3.63, 3.8) is 0 Å². The van der Waals surface area contributed by atoms with Crippen LogP contribution in [0.3, 0.4) is 0 Å². The lowest BCUT2D eigenvalue weighted by Crippen LogP contribution is -2.33. The van der Waals surface area contributed by atoms with E-state index in [1.807, 2.05) is 16.6 Å². The summed E-state index contributed by atoms with van der Waals surface area (Å²) in [7, 11) is 1.90. The van der Waals surface area contributed by atoms with E-state index in [0.29, 0.717) is 11.6 Å². The van der Waals surface area contributed by atoms with E-state index in [1.165, 1.54) is 44.2 Å². The second kappa shape index (κ2) is 7.22. The molecule has 4 nitrogen and oxygen atoms in total. The van der Waals surface area contributed by atoms with Gasteiger partial charge in [-0.05, 0) is 62.3 Å². The number of amides is 1. The van der Waals surface area contributed by atoms with Crippen LogP contribution in [0.2, 0.25) is 0 Å². The van der Waals surface area contributed by atoms with E-state index in [1.54, 1.807) is 12.1 Å². The number of halogens is 1. The number of fused-ring (bicyclic) bond motifs is 1. The third-order valence-corrected chi connectivity index (χ3v) is 5.81. The Bertz CT molecular complexity index is 790. The third kappa shape index (κ3) is 3.27. The molecule has 5 heteroatoms. The van der Waals surface area contributed by atoms with Gasteiger partial charge >= 0.3 is 0 Å². The summed E-state index contributed by atoms with van der Waals surface area (Å²) in [5.74, 6) is 0.376. The molecule has 138 valence electrons. The van der Waals surface area contributed by atoms with Gasteiger partial charge in [0.05, 0.1) is 5.69 Å². The Morgan fingerprint density at radius 1 is 1.15 bits per heavy atom. The first-order chi connectivity index (χ1) is 12.6. The first-order valence-electron chi connectivity index (χ1n) is 9.75. The highest BCUT2D eigenvalue weighted by molar-refractivity contribution is 5.94. The van der Waals surface area contributed by atoms with Crippen LogP contribution in [-0.2, 0) is 12.8 Å². The van der Waals surface area contributed by atoms with Gasteiger partial charge in [0.25, 0.3) is 5.91 Å². The monoisotopic (exact) mass is 355 g/mol. The maximum Gasteiger partial charge on any atom is 0.274 e. The van der Waals surface area contributed by atoms with E-state index in [0.717, 1.165) is 42.8 Å². The molecule has 1 saturated carbocycles. The highest BCUT2D eigenvalue weighted by atomic mass is 19.1. The molecular formula is C21H26FN3O. The smallest absolute Gasteiger partial charge is 0.274 e. The topological polar surface area (TPSA) is 38.1 Å². The minimum Gasteiger partial charge on any atom is -0.340 e. The van der Waals surface area contributed by atoms with Gasteiger partial charge in [0.15, 0.2) is 5.69 Å². The van der Waals surface area contributed by atoms with Crippen LogP contribution in [0.15, 0.2) is 24.3 Å². The van der Waals surface area contributed by atoms with E-state index in [9.17, 15) is 9.18 Å². The summed E-state index contributed by atoms with van der Waals surface area (Å²) in [5.41, 5.74) is 3.58. The van der Waals surface area contributed by atoms with Gasteiger partial charge in [-0.25, -0.2) is 9.07 Å². The highest BCUT2D eigenvalue weighted by Gasteiger charge is 2.29. The molecule has 1 aromatic carbocycles. The molecular weight excluding hydrogens is 329 g/mol. The second-order valence-electron chi connectivity index (χ2n) is 7.71. The molecule has 26 heavy (non-hydrogen) atoms. The summed E-state index contributed by atoms with van der Waals surface area (Å²) < 4.78 is 15.1. The standard InChI is InChI=1S/C21H26FN3O/c1-24(14-15-6-3-2-4-7-15)21(26)20-18-8-5-9-19(18)25(23-20)17-12-10-16(22)11-13-17/h10-13,15H,2-9,14H2,1H3. The van der Waals surface area contributed by atoms with E-state index in [-0.39, 0.29) is 11.7 Å². The van der Waals surface area contributed by atoms with Crippen LogP contribution in [0, 0.1) is 11.7 Å². The van der Waals surface area contributed by atoms with Crippen molar-refractivity contribution in [3.05, 3.63) is 47.0 Å². The lowest BCUT2D eigenvalue weighted by atomic mass is 9.89. The Balaban J connectivity index is 1.59. The predicted molar refractivity (Wildman–Crippen MR) is 99.1 cm³/mol. The predicted octanol–water partition coefficient (Wildman–Crippen LogP) is 4.15. The maximum absolute atomic E-state index is 13.2. The average Bonchev–Trinajstić information content (AvgIpc) is 3.25. The van der Waals surface area contributed by atoms with Crippen molar-refractivity contribution >= 4 is 5.91 Å². The highest BCUT2D eigenvalue weighted by Crippen LogP contribution is 2.29. The van der Waals surface area contributed by atoms with Crippen LogP contribution >= 0.6 is 0 Å². The number of carbonyl (C=O) groups is 1. The van der Waals surface area contributed by atoms with E-state index >= 15 is 0 Å². The molecule has 0 spiro atoms. The molecule has 4 rings (SSSR count). The minimum atomic E-state index is -0.263. The van der Waals surface area contributed by atoms with Crippen LogP contribution in [0.1, 0.15) is 60.3 Å². The van der Waals surface area contributed by atoms with Crippen molar-refractivity contribution in [3.8, 4) is 5.69 Å². The molecule has 0 N–H and O–H groups in total. The number of aromatic nitrogens is 2. The molecule has 0 bridgehead atoms. The van der Waals surface area contributed by atoms with Crippen molar-refractivity contribution in [2.75, 3.05) is 13.6 Å². The van der Waals surface area contributed by atoms with Crippen LogP contribution < -0.4 is 0 Å². The van der Waals surface area contributed by atoms with Crippen molar-refractivity contribution in [1.29, 1.82) is 0 Å². The fraction of sp³-hybridized carbons (Fsp3) is 0.524. The Morgan fingerprint density at radius 3 is 2.62 bits per heavy atom. The third-order valence-electron chi connectivity index (χ3n) is 5.81. The SMILES string of the molecule is CN(CC1CCCCC1)C(=O)c1nn(-c2ccc(F)cc2)c2c1CCC2. The fourth-order valence-corrected chi connectivity index (χ4v) is 4.43. The van der Waals surface area contributed by atoms with Crippen molar-refractivity contribution in [1.82, 2.24) is 14.7 Å². The van der Waals surface area contributed by atoms with Crippen LogP contribution in [-0.4, -0.2) is 34.2 Å². The van der Waals surface area contributed by atoms with Gasteiger partial charge in [0.1, 0.15) is 5.82 Å². The van der Waals surface area contributed by atoms with Gasteiger partial charge in [0, 0.05) is 24.8 Å². The molecule has 1 amide bonds. The number of rotatable bonds is 4. The Kier molecular flexibility index (Phi) is 4.79. The molecule has 0 radical (unpaired) electrons. The Labute approximate surface area is 154 Å². The molecule has 1 fully saturated rings. The molecule has 0 unspecified atom stereocenters. The lowest BCUT2D eigenvalue weighted by Gasteiger charge is -2.26. The largest absolute Gasteiger partial charge is 0.340 e. The zero-order chi connectivity index (χ0) is 18.1. The fourth-order valence-electron chi connectivity index (χ4n) is 4.43. The lowest BCUT2D eigenvalue weighted by molar-refractivity contribution is 0.0753. The van der Waals surface area contributed by atoms with Gasteiger partial charge in [-0.2, -0.15) is 5.10 Å². The van der Waals surface area contributed by atoms with Gasteiger partial charge in [-0.1, -0.05) is 19.3 Å². The van der Waals surface area contributed by atoms with Gasteiger partial charge in [0.2, 0.25) is 0 Å². The van der Waals surface area contributed by atoms with Crippen molar-refractivity contribution < 1.29 is 9.18 Å². The quantitative estimate of drug-likeness (QED) is 0.826. The number of nitrogens with zero attached hydrogens (tertiary/aromatic N) is 3. The summed E-state index contributed by atoms with van der Waals surface area (Å²) in [6, 6.07) is 6.33. The van der Waals surface area contributed by atoms with Gasteiger partial charge in [-0.3, -0.25) is 4.79 Å². The number of benzene rings is 1. The summed E-state index contributed by atoms with van der Waals surface area (Å²) in [5, 5.41) is 4.65. The molecule has 1 aromatic heterocycles. The summed E-state index contributed by atoms with van der Waals surface area (Å²) in [6.07, 6.45) is 9.18. The van der Waals surface area contributed by atoms with Crippen molar-refractivity contribution in [2.45, 2.75) is 51.4 Å². The van der Waals surface area contributed by atoms with Gasteiger partial charge < -0.3 is 4.90 Å². The molecule has 0 saturated heterocycles. The first-order valence-corrected chi connectivity index (χ1v) is 9.75. The summed E-state index contributed by atoms with van der Waals surface area (Å²) in [6.45, 7) is 0.816. The zero-order valence-electron chi connectivity index (χ0n) is 15.4. The van der Waals surface area contributed by atoms with E-state index < -0.39 is 0 Å². The van der Waals surface area contributed by atoms with Gasteiger partial charge in [-0.15, -0.1) is 0 Å². The molecule has 1 heterocycles. The van der Waals surface area contributed by atoms with E-state index in [2.05, 4.69) is 5.10 Å². The number of hydrogen-bond acceptors (Lipinski definition) is 2. The van der Waals surface area contributed by atoms with Crippen LogP contribution in [0.25, 0.3) is 5.69 Å².